The van der Waals surface area contributed by atoms with Gasteiger partial charge in [-0.25, -0.2) is 4.98 Å². The van der Waals surface area contributed by atoms with Crippen LogP contribution in [0.1, 0.15) is 30.7 Å². The van der Waals surface area contributed by atoms with Crippen LogP contribution in [0, 0.1) is 0 Å². The molecule has 4 rings (SSSR count). The van der Waals surface area contributed by atoms with Crippen molar-refractivity contribution in [1.82, 2.24) is 9.55 Å². The maximum absolute atomic E-state index is 12.6. The van der Waals surface area contributed by atoms with E-state index in [-0.39, 0.29) is 12.3 Å². The number of carbonyl (C=O) groups excluding carboxylic acids is 1. The van der Waals surface area contributed by atoms with Crippen molar-refractivity contribution < 1.29 is 14.3 Å². The number of hydrogen-bond acceptors (Lipinski definition) is 4. The summed E-state index contributed by atoms with van der Waals surface area (Å²) in [7, 11) is 3.20. The highest BCUT2D eigenvalue weighted by molar-refractivity contribution is 5.94. The number of fused-ring (bicyclic) bond motifs is 3. The molecular formula is C22H25N3O3. The van der Waals surface area contributed by atoms with Crippen molar-refractivity contribution in [3.8, 4) is 11.5 Å². The van der Waals surface area contributed by atoms with E-state index in [2.05, 4.69) is 16.0 Å². The van der Waals surface area contributed by atoms with E-state index in [9.17, 15) is 4.79 Å². The molecule has 0 unspecified atom stereocenters. The van der Waals surface area contributed by atoms with E-state index in [4.69, 9.17) is 14.5 Å². The van der Waals surface area contributed by atoms with Gasteiger partial charge in [0, 0.05) is 24.2 Å². The first-order valence-electron chi connectivity index (χ1n) is 9.68. The smallest absolute Gasteiger partial charge is 0.228 e. The number of imidazole rings is 1. The van der Waals surface area contributed by atoms with Gasteiger partial charge in [-0.05, 0) is 49.2 Å². The number of rotatable bonds is 5. The van der Waals surface area contributed by atoms with E-state index in [0.29, 0.717) is 11.5 Å². The van der Waals surface area contributed by atoms with Gasteiger partial charge in [0.15, 0.2) is 0 Å². The van der Waals surface area contributed by atoms with E-state index >= 15 is 0 Å². The van der Waals surface area contributed by atoms with Crippen LogP contribution in [0.25, 0.3) is 11.0 Å². The van der Waals surface area contributed by atoms with Gasteiger partial charge in [0.05, 0.1) is 31.7 Å². The third-order valence-corrected chi connectivity index (χ3v) is 5.23. The Balaban J connectivity index is 1.53. The average Bonchev–Trinajstić information content (AvgIpc) is 2.87. The van der Waals surface area contributed by atoms with Crippen LogP contribution in [-0.2, 0) is 24.2 Å². The van der Waals surface area contributed by atoms with Gasteiger partial charge < -0.3 is 19.4 Å². The van der Waals surface area contributed by atoms with E-state index in [0.717, 1.165) is 41.1 Å². The first-order valence-corrected chi connectivity index (χ1v) is 9.68. The molecule has 2 aromatic carbocycles. The van der Waals surface area contributed by atoms with E-state index in [1.54, 1.807) is 14.2 Å². The number of nitrogens with zero attached hydrogens (tertiary/aromatic N) is 2. The van der Waals surface area contributed by atoms with Crippen molar-refractivity contribution in [2.24, 2.45) is 0 Å². The first kappa shape index (κ1) is 18.3. The third kappa shape index (κ3) is 3.67. The summed E-state index contributed by atoms with van der Waals surface area (Å²) in [5.41, 5.74) is 3.62. The molecule has 2 heterocycles. The standard InChI is InChI=1S/C22H25N3O3/c1-27-17-8-10-20(28-2)15(12-17)13-22(26)23-16-7-9-19-18(14-16)24-21-6-4-3-5-11-25(19)21/h7-10,12,14H,3-6,11,13H2,1-2H3,(H,23,26). The zero-order valence-electron chi connectivity index (χ0n) is 16.3. The number of aryl methyl sites for hydroxylation is 2. The summed E-state index contributed by atoms with van der Waals surface area (Å²) in [6, 6.07) is 11.4. The summed E-state index contributed by atoms with van der Waals surface area (Å²) >= 11 is 0. The summed E-state index contributed by atoms with van der Waals surface area (Å²) in [5, 5.41) is 2.98. The Morgan fingerprint density at radius 2 is 2.00 bits per heavy atom. The SMILES string of the molecule is COc1ccc(OC)c(CC(=O)Nc2ccc3c(c2)nc2n3CCCCC2)c1. The maximum Gasteiger partial charge on any atom is 0.228 e. The van der Waals surface area contributed by atoms with Crippen molar-refractivity contribution in [3.63, 3.8) is 0 Å². The zero-order valence-corrected chi connectivity index (χ0v) is 16.3. The highest BCUT2D eigenvalue weighted by Gasteiger charge is 2.15. The molecule has 0 fully saturated rings. The molecule has 0 spiro atoms. The second-order valence-electron chi connectivity index (χ2n) is 7.10. The van der Waals surface area contributed by atoms with Crippen LogP contribution in [0.5, 0.6) is 11.5 Å². The molecule has 1 aromatic heterocycles. The Labute approximate surface area is 164 Å². The lowest BCUT2D eigenvalue weighted by molar-refractivity contribution is -0.115. The topological polar surface area (TPSA) is 65.4 Å². The third-order valence-electron chi connectivity index (χ3n) is 5.23. The number of nitrogens with one attached hydrogen (secondary N) is 1. The minimum atomic E-state index is -0.105. The minimum absolute atomic E-state index is 0.105. The van der Waals surface area contributed by atoms with Crippen molar-refractivity contribution in [3.05, 3.63) is 47.8 Å². The van der Waals surface area contributed by atoms with Crippen LogP contribution < -0.4 is 14.8 Å². The molecule has 6 heteroatoms. The minimum Gasteiger partial charge on any atom is -0.497 e. The number of anilines is 1. The normalized spacial score (nSPS) is 13.6. The molecule has 0 atom stereocenters. The molecule has 0 saturated carbocycles. The van der Waals surface area contributed by atoms with Gasteiger partial charge >= 0.3 is 0 Å². The van der Waals surface area contributed by atoms with Crippen molar-refractivity contribution >= 4 is 22.6 Å². The lowest BCUT2D eigenvalue weighted by atomic mass is 10.1. The largest absolute Gasteiger partial charge is 0.497 e. The number of carbonyl (C=O) groups is 1. The molecule has 1 aliphatic heterocycles. The predicted octanol–water partition coefficient (Wildman–Crippen LogP) is 3.96. The average molecular weight is 379 g/mol. The molecule has 28 heavy (non-hydrogen) atoms. The van der Waals surface area contributed by atoms with E-state index in [1.807, 2.05) is 30.3 Å². The van der Waals surface area contributed by atoms with E-state index < -0.39 is 0 Å². The highest BCUT2D eigenvalue weighted by Crippen LogP contribution is 2.26. The van der Waals surface area contributed by atoms with Gasteiger partial charge in [-0.3, -0.25) is 4.79 Å². The molecule has 146 valence electrons. The number of methoxy groups -OCH3 is 2. The van der Waals surface area contributed by atoms with Gasteiger partial charge in [-0.15, -0.1) is 0 Å². The van der Waals surface area contributed by atoms with E-state index in [1.165, 1.54) is 19.3 Å². The fourth-order valence-corrected chi connectivity index (χ4v) is 3.83. The van der Waals surface area contributed by atoms with Crippen LogP contribution in [0.3, 0.4) is 0 Å². The molecular weight excluding hydrogens is 354 g/mol. The second kappa shape index (κ2) is 7.92. The summed E-state index contributed by atoms with van der Waals surface area (Å²) in [6.45, 7) is 1.02. The fourth-order valence-electron chi connectivity index (χ4n) is 3.83. The maximum atomic E-state index is 12.6. The lowest BCUT2D eigenvalue weighted by Gasteiger charge is -2.11. The van der Waals surface area contributed by atoms with Gasteiger partial charge in [0.2, 0.25) is 5.91 Å². The van der Waals surface area contributed by atoms with Crippen LogP contribution in [0.15, 0.2) is 36.4 Å². The lowest BCUT2D eigenvalue weighted by Crippen LogP contribution is -2.15. The molecule has 0 radical (unpaired) electrons. The summed E-state index contributed by atoms with van der Waals surface area (Å²) in [5.74, 6) is 2.41. The Bertz CT molecular complexity index is 1010. The Kier molecular flexibility index (Phi) is 5.19. The summed E-state index contributed by atoms with van der Waals surface area (Å²) in [6.07, 6.45) is 4.87. The Hall–Kier alpha value is -3.02. The van der Waals surface area contributed by atoms with Crippen molar-refractivity contribution in [1.29, 1.82) is 0 Å². The van der Waals surface area contributed by atoms with Crippen LogP contribution in [0.2, 0.25) is 0 Å². The van der Waals surface area contributed by atoms with Gasteiger partial charge in [0.1, 0.15) is 17.3 Å². The van der Waals surface area contributed by atoms with Crippen molar-refractivity contribution in [2.75, 3.05) is 19.5 Å². The van der Waals surface area contributed by atoms with Crippen LogP contribution >= 0.6 is 0 Å². The predicted molar refractivity (Wildman–Crippen MR) is 109 cm³/mol. The zero-order chi connectivity index (χ0) is 19.5. The molecule has 1 amide bonds. The molecule has 6 nitrogen and oxygen atoms in total. The van der Waals surface area contributed by atoms with Gasteiger partial charge in [-0.2, -0.15) is 0 Å². The number of hydrogen-bond donors (Lipinski definition) is 1. The molecule has 0 aliphatic carbocycles. The molecule has 1 aliphatic rings. The molecule has 3 aromatic rings. The monoisotopic (exact) mass is 379 g/mol. The van der Waals surface area contributed by atoms with Gasteiger partial charge in [-0.1, -0.05) is 6.42 Å². The summed E-state index contributed by atoms with van der Waals surface area (Å²) in [4.78, 5) is 17.4. The summed E-state index contributed by atoms with van der Waals surface area (Å²) < 4.78 is 12.9. The first-order chi connectivity index (χ1) is 13.7. The van der Waals surface area contributed by atoms with Crippen molar-refractivity contribution in [2.45, 2.75) is 38.6 Å². The molecule has 0 saturated heterocycles. The number of ether oxygens (including phenoxy) is 2. The Morgan fingerprint density at radius 1 is 1.11 bits per heavy atom. The van der Waals surface area contributed by atoms with Crippen LogP contribution in [-0.4, -0.2) is 29.7 Å². The number of benzene rings is 2. The quantitative estimate of drug-likeness (QED) is 0.729. The van der Waals surface area contributed by atoms with Gasteiger partial charge in [0.25, 0.3) is 0 Å². The highest BCUT2D eigenvalue weighted by atomic mass is 16.5. The van der Waals surface area contributed by atoms with Crippen LogP contribution in [0.4, 0.5) is 5.69 Å². The Morgan fingerprint density at radius 3 is 2.82 bits per heavy atom. The second-order valence-corrected chi connectivity index (χ2v) is 7.10. The number of aromatic nitrogens is 2. The number of amides is 1. The fraction of sp³-hybridized carbons (Fsp3) is 0.364. The molecule has 0 bridgehead atoms. The molecule has 1 N–H and O–H groups in total.